The minimum Gasteiger partial charge on any atom is -0.494 e. The third-order valence-corrected chi connectivity index (χ3v) is 6.75. The predicted molar refractivity (Wildman–Crippen MR) is 71.7 cm³/mol. The average molecular weight is 290 g/mol. The average Bonchev–Trinajstić information content (AvgIpc) is 2.81. The largest absolute Gasteiger partial charge is 0.494 e. The molecule has 0 aromatic carbocycles. The molecule has 2 rings (SSSR count). The number of sulfonamides is 1. The van der Waals surface area contributed by atoms with E-state index in [2.05, 4.69) is 5.32 Å². The molecule has 1 fully saturated rings. The van der Waals surface area contributed by atoms with Gasteiger partial charge in [-0.3, -0.25) is 0 Å². The predicted octanol–water partition coefficient (Wildman–Crippen LogP) is 1.13. The first-order valence-electron chi connectivity index (χ1n) is 5.85. The lowest BCUT2D eigenvalue weighted by molar-refractivity contribution is 0.232. The highest BCUT2D eigenvalue weighted by molar-refractivity contribution is 7.91. The summed E-state index contributed by atoms with van der Waals surface area (Å²) in [4.78, 5) is 0. The van der Waals surface area contributed by atoms with E-state index in [0.717, 1.165) is 0 Å². The highest BCUT2D eigenvalue weighted by atomic mass is 32.2. The lowest BCUT2D eigenvalue weighted by Crippen LogP contribution is -2.56. The summed E-state index contributed by atoms with van der Waals surface area (Å²) in [5.74, 6) is 0.429. The molecule has 5 nitrogen and oxygen atoms in total. The summed E-state index contributed by atoms with van der Waals surface area (Å²) in [5.41, 5.74) is 0. The molecule has 1 aromatic rings. The molecule has 7 heteroatoms. The van der Waals surface area contributed by atoms with Crippen LogP contribution in [0.5, 0.6) is 5.75 Å². The van der Waals surface area contributed by atoms with Crippen LogP contribution in [0.25, 0.3) is 0 Å². The van der Waals surface area contributed by atoms with Crippen molar-refractivity contribution >= 4 is 21.4 Å². The van der Waals surface area contributed by atoms with E-state index >= 15 is 0 Å². The second kappa shape index (κ2) is 5.16. The maximum Gasteiger partial charge on any atom is 0.256 e. The maximum absolute atomic E-state index is 12.6. The second-order valence-corrected chi connectivity index (χ2v) is 7.38. The van der Waals surface area contributed by atoms with Gasteiger partial charge in [0.05, 0.1) is 7.11 Å². The minimum absolute atomic E-state index is 0.0597. The SMILES string of the molecule is COc1ccsc1S(=O)(=O)N1CCNC(C)C1C. The first-order valence-corrected chi connectivity index (χ1v) is 8.17. The van der Waals surface area contributed by atoms with Gasteiger partial charge in [0.1, 0.15) is 5.75 Å². The monoisotopic (exact) mass is 290 g/mol. The summed E-state index contributed by atoms with van der Waals surface area (Å²) in [6, 6.07) is 1.78. The van der Waals surface area contributed by atoms with E-state index in [4.69, 9.17) is 4.74 Å². The van der Waals surface area contributed by atoms with E-state index in [9.17, 15) is 8.42 Å². The molecule has 0 saturated carbocycles. The van der Waals surface area contributed by atoms with Crippen molar-refractivity contribution in [3.05, 3.63) is 11.4 Å². The molecule has 1 aromatic heterocycles. The van der Waals surface area contributed by atoms with Crippen molar-refractivity contribution in [2.75, 3.05) is 20.2 Å². The van der Waals surface area contributed by atoms with Crippen LogP contribution in [-0.2, 0) is 10.0 Å². The van der Waals surface area contributed by atoms with Gasteiger partial charge >= 0.3 is 0 Å². The molecule has 2 heterocycles. The fraction of sp³-hybridized carbons (Fsp3) is 0.636. The molecule has 2 atom stereocenters. The van der Waals surface area contributed by atoms with Gasteiger partial charge < -0.3 is 10.1 Å². The van der Waals surface area contributed by atoms with Gasteiger partial charge in [-0.15, -0.1) is 11.3 Å². The quantitative estimate of drug-likeness (QED) is 0.906. The molecule has 0 bridgehead atoms. The van der Waals surface area contributed by atoms with E-state index in [1.807, 2.05) is 13.8 Å². The molecule has 102 valence electrons. The molecular formula is C11H18N2O3S2. The zero-order chi connectivity index (χ0) is 13.3. The van der Waals surface area contributed by atoms with Gasteiger partial charge in [0, 0.05) is 25.2 Å². The Bertz CT molecular complexity index is 512. The van der Waals surface area contributed by atoms with Crippen LogP contribution in [0.1, 0.15) is 13.8 Å². The number of nitrogens with one attached hydrogen (secondary N) is 1. The van der Waals surface area contributed by atoms with Crippen LogP contribution in [0.2, 0.25) is 0 Å². The van der Waals surface area contributed by atoms with Crippen LogP contribution in [-0.4, -0.2) is 45.0 Å². The standard InChI is InChI=1S/C11H18N2O3S2/c1-8-9(2)13(6-5-12-8)18(14,15)11-10(16-3)4-7-17-11/h4,7-9,12H,5-6H2,1-3H3. The smallest absolute Gasteiger partial charge is 0.256 e. The fourth-order valence-corrected chi connectivity index (χ4v) is 5.19. The topological polar surface area (TPSA) is 58.6 Å². The Morgan fingerprint density at radius 1 is 1.50 bits per heavy atom. The van der Waals surface area contributed by atoms with Crippen LogP contribution >= 0.6 is 11.3 Å². The van der Waals surface area contributed by atoms with Gasteiger partial charge in [0.2, 0.25) is 0 Å². The summed E-state index contributed by atoms with van der Waals surface area (Å²) in [7, 11) is -1.97. The van der Waals surface area contributed by atoms with Crippen molar-refractivity contribution in [2.45, 2.75) is 30.1 Å². The number of ether oxygens (including phenoxy) is 1. The molecule has 0 aliphatic carbocycles. The van der Waals surface area contributed by atoms with Gasteiger partial charge in [0.25, 0.3) is 10.0 Å². The van der Waals surface area contributed by atoms with Gasteiger partial charge in [-0.1, -0.05) is 0 Å². The Hall–Kier alpha value is -0.630. The summed E-state index contributed by atoms with van der Waals surface area (Å²) < 4.78 is 32.2. The lowest BCUT2D eigenvalue weighted by atomic mass is 10.1. The van der Waals surface area contributed by atoms with Crippen molar-refractivity contribution in [2.24, 2.45) is 0 Å². The molecule has 0 amide bonds. The van der Waals surface area contributed by atoms with Gasteiger partial charge in [0.15, 0.2) is 4.21 Å². The molecule has 18 heavy (non-hydrogen) atoms. The van der Waals surface area contributed by atoms with Crippen molar-refractivity contribution < 1.29 is 13.2 Å². The Labute approximate surface area is 112 Å². The number of thiophene rings is 1. The van der Waals surface area contributed by atoms with E-state index in [1.165, 1.54) is 18.4 Å². The van der Waals surface area contributed by atoms with E-state index in [1.54, 1.807) is 15.8 Å². The van der Waals surface area contributed by atoms with Crippen LogP contribution < -0.4 is 10.1 Å². The summed E-state index contributed by atoms with van der Waals surface area (Å²) >= 11 is 1.20. The summed E-state index contributed by atoms with van der Waals surface area (Å²) in [6.45, 7) is 5.10. The second-order valence-electron chi connectivity index (χ2n) is 4.38. The van der Waals surface area contributed by atoms with E-state index < -0.39 is 10.0 Å². The minimum atomic E-state index is -3.46. The first-order chi connectivity index (χ1) is 8.48. The maximum atomic E-state index is 12.6. The van der Waals surface area contributed by atoms with Crippen molar-refractivity contribution in [3.8, 4) is 5.75 Å². The Morgan fingerprint density at radius 3 is 2.89 bits per heavy atom. The summed E-state index contributed by atoms with van der Waals surface area (Å²) in [5, 5.41) is 5.01. The number of hydrogen-bond acceptors (Lipinski definition) is 5. The Balaban J connectivity index is 2.36. The third kappa shape index (κ3) is 2.27. The number of nitrogens with zero attached hydrogens (tertiary/aromatic N) is 1. The van der Waals surface area contributed by atoms with Crippen molar-refractivity contribution in [1.82, 2.24) is 9.62 Å². The third-order valence-electron chi connectivity index (χ3n) is 3.33. The van der Waals surface area contributed by atoms with Crippen LogP contribution in [0.15, 0.2) is 15.7 Å². The molecule has 1 aliphatic heterocycles. The molecule has 2 unspecified atom stereocenters. The highest BCUT2D eigenvalue weighted by Gasteiger charge is 2.36. The van der Waals surface area contributed by atoms with Crippen LogP contribution in [0, 0.1) is 0 Å². The van der Waals surface area contributed by atoms with E-state index in [0.29, 0.717) is 23.0 Å². The zero-order valence-corrected chi connectivity index (χ0v) is 12.3. The van der Waals surface area contributed by atoms with Crippen molar-refractivity contribution in [1.29, 1.82) is 0 Å². The van der Waals surface area contributed by atoms with Gasteiger partial charge in [-0.2, -0.15) is 4.31 Å². The summed E-state index contributed by atoms with van der Waals surface area (Å²) in [6.07, 6.45) is 0. The van der Waals surface area contributed by atoms with Crippen LogP contribution in [0.4, 0.5) is 0 Å². The Morgan fingerprint density at radius 2 is 2.22 bits per heavy atom. The molecular weight excluding hydrogens is 272 g/mol. The molecule has 1 aliphatic rings. The number of methoxy groups -OCH3 is 1. The molecule has 0 radical (unpaired) electrons. The van der Waals surface area contributed by atoms with Crippen molar-refractivity contribution in [3.63, 3.8) is 0 Å². The van der Waals surface area contributed by atoms with Gasteiger partial charge in [-0.05, 0) is 25.3 Å². The molecule has 1 N–H and O–H groups in total. The number of hydrogen-bond donors (Lipinski definition) is 1. The lowest BCUT2D eigenvalue weighted by Gasteiger charge is -2.37. The zero-order valence-electron chi connectivity index (χ0n) is 10.7. The fourth-order valence-electron chi connectivity index (χ4n) is 2.09. The number of rotatable bonds is 3. The number of piperazine rings is 1. The molecule has 0 spiro atoms. The highest BCUT2D eigenvalue weighted by Crippen LogP contribution is 2.33. The van der Waals surface area contributed by atoms with E-state index in [-0.39, 0.29) is 12.1 Å². The Kier molecular flexibility index (Phi) is 3.96. The normalized spacial score (nSPS) is 26.2. The first kappa shape index (κ1) is 13.8. The van der Waals surface area contributed by atoms with Crippen LogP contribution in [0.3, 0.4) is 0 Å². The molecule has 1 saturated heterocycles. The van der Waals surface area contributed by atoms with Gasteiger partial charge in [-0.25, -0.2) is 8.42 Å².